The lowest BCUT2D eigenvalue weighted by Gasteiger charge is -2.19. The molecule has 0 amide bonds. The van der Waals surface area contributed by atoms with Crippen molar-refractivity contribution in [2.75, 3.05) is 0 Å². The molecule has 14 heavy (non-hydrogen) atoms. The average Bonchev–Trinajstić information content (AvgIpc) is 2.07. The Morgan fingerprint density at radius 3 is 2.57 bits per heavy atom. The Hall–Kier alpha value is -0.900. The molecule has 0 saturated carbocycles. The summed E-state index contributed by atoms with van der Waals surface area (Å²) in [5.74, 6) is -0.132. The Morgan fingerprint density at radius 1 is 1.43 bits per heavy atom. The van der Waals surface area contributed by atoms with E-state index in [1.54, 1.807) is 0 Å². The zero-order valence-corrected chi connectivity index (χ0v) is 9.02. The standard InChI is InChI=1S/C10H12O3S/c1-6(11)9-5-8(13)3-4-10(9)14-7(2)12/h5,10H,3-4H2,1-2H3. The van der Waals surface area contributed by atoms with E-state index in [9.17, 15) is 14.4 Å². The maximum atomic E-state index is 11.2. The zero-order chi connectivity index (χ0) is 10.7. The van der Waals surface area contributed by atoms with Crippen LogP contribution in [0.15, 0.2) is 11.6 Å². The van der Waals surface area contributed by atoms with Gasteiger partial charge in [0.15, 0.2) is 16.7 Å². The number of hydrogen-bond donors (Lipinski definition) is 0. The Morgan fingerprint density at radius 2 is 2.07 bits per heavy atom. The maximum absolute atomic E-state index is 11.2. The molecule has 0 bridgehead atoms. The van der Waals surface area contributed by atoms with Crippen LogP contribution in [-0.4, -0.2) is 21.9 Å². The number of rotatable bonds is 2. The zero-order valence-electron chi connectivity index (χ0n) is 8.20. The quantitative estimate of drug-likeness (QED) is 0.696. The third-order valence-corrected chi connectivity index (χ3v) is 3.14. The fraction of sp³-hybridized carbons (Fsp3) is 0.500. The van der Waals surface area contributed by atoms with Crippen LogP contribution in [0, 0.1) is 0 Å². The van der Waals surface area contributed by atoms with Crippen molar-refractivity contribution in [3.05, 3.63) is 11.6 Å². The van der Waals surface area contributed by atoms with Crippen molar-refractivity contribution in [2.45, 2.75) is 31.9 Å². The molecule has 76 valence electrons. The minimum Gasteiger partial charge on any atom is -0.295 e. The van der Waals surface area contributed by atoms with E-state index in [0.29, 0.717) is 18.4 Å². The number of thioether (sulfide) groups is 1. The minimum absolute atomic E-state index is 0.0171. The predicted octanol–water partition coefficient (Wildman–Crippen LogP) is 1.51. The molecule has 1 aliphatic rings. The van der Waals surface area contributed by atoms with Crippen molar-refractivity contribution >= 4 is 28.4 Å². The third kappa shape index (κ3) is 2.80. The van der Waals surface area contributed by atoms with Crippen LogP contribution in [0.2, 0.25) is 0 Å². The molecule has 1 rings (SSSR count). The second kappa shape index (κ2) is 4.55. The molecular formula is C10H12O3S. The minimum atomic E-state index is -0.123. The van der Waals surface area contributed by atoms with Gasteiger partial charge in [-0.2, -0.15) is 0 Å². The molecule has 0 radical (unpaired) electrons. The molecule has 1 atom stereocenters. The van der Waals surface area contributed by atoms with Gasteiger partial charge in [0, 0.05) is 24.2 Å². The SMILES string of the molecule is CC(=O)SC1CCC(=O)C=C1C(C)=O. The summed E-state index contributed by atoms with van der Waals surface area (Å²) in [5.41, 5.74) is 0.487. The van der Waals surface area contributed by atoms with Gasteiger partial charge in [0.1, 0.15) is 0 Å². The number of carbonyl (C=O) groups is 3. The Labute approximate surface area is 86.9 Å². The highest BCUT2D eigenvalue weighted by Gasteiger charge is 2.25. The van der Waals surface area contributed by atoms with Gasteiger partial charge in [0.25, 0.3) is 0 Å². The topological polar surface area (TPSA) is 51.2 Å². The van der Waals surface area contributed by atoms with Crippen LogP contribution in [0.25, 0.3) is 0 Å². The third-order valence-electron chi connectivity index (χ3n) is 2.03. The van der Waals surface area contributed by atoms with E-state index < -0.39 is 0 Å². The summed E-state index contributed by atoms with van der Waals surface area (Å²) in [7, 11) is 0. The Balaban J connectivity index is 2.85. The highest BCUT2D eigenvalue weighted by atomic mass is 32.2. The van der Waals surface area contributed by atoms with E-state index >= 15 is 0 Å². The fourth-order valence-corrected chi connectivity index (χ4v) is 2.42. The molecule has 4 heteroatoms. The van der Waals surface area contributed by atoms with E-state index in [1.807, 2.05) is 0 Å². The summed E-state index contributed by atoms with van der Waals surface area (Å²) < 4.78 is 0. The summed E-state index contributed by atoms with van der Waals surface area (Å²) >= 11 is 1.13. The molecule has 0 aromatic heterocycles. The van der Waals surface area contributed by atoms with Gasteiger partial charge >= 0.3 is 0 Å². The van der Waals surface area contributed by atoms with Crippen molar-refractivity contribution in [3.63, 3.8) is 0 Å². The summed E-state index contributed by atoms with van der Waals surface area (Å²) in [6.07, 6.45) is 2.41. The second-order valence-corrected chi connectivity index (χ2v) is 4.64. The molecule has 1 aliphatic carbocycles. The van der Waals surface area contributed by atoms with Crippen molar-refractivity contribution in [1.82, 2.24) is 0 Å². The molecule has 0 spiro atoms. The van der Waals surface area contributed by atoms with Gasteiger partial charge in [-0.05, 0) is 19.4 Å². The van der Waals surface area contributed by atoms with E-state index in [-0.39, 0.29) is 21.9 Å². The number of hydrogen-bond acceptors (Lipinski definition) is 4. The van der Waals surface area contributed by atoms with Crippen molar-refractivity contribution in [2.24, 2.45) is 0 Å². The first-order chi connectivity index (χ1) is 6.50. The van der Waals surface area contributed by atoms with Gasteiger partial charge in [0.05, 0.1) is 0 Å². The van der Waals surface area contributed by atoms with Crippen molar-refractivity contribution < 1.29 is 14.4 Å². The molecule has 0 aliphatic heterocycles. The van der Waals surface area contributed by atoms with Crippen LogP contribution in [0.1, 0.15) is 26.7 Å². The van der Waals surface area contributed by atoms with Gasteiger partial charge in [-0.25, -0.2) is 0 Å². The first-order valence-electron chi connectivity index (χ1n) is 4.43. The van der Waals surface area contributed by atoms with Crippen molar-refractivity contribution in [3.8, 4) is 0 Å². The van der Waals surface area contributed by atoms with Gasteiger partial charge in [-0.15, -0.1) is 0 Å². The summed E-state index contributed by atoms with van der Waals surface area (Å²) in [6, 6.07) is 0. The van der Waals surface area contributed by atoms with Crippen LogP contribution in [0.3, 0.4) is 0 Å². The van der Waals surface area contributed by atoms with Crippen LogP contribution in [0.4, 0.5) is 0 Å². The van der Waals surface area contributed by atoms with Crippen LogP contribution < -0.4 is 0 Å². The Kier molecular flexibility index (Phi) is 3.63. The highest BCUT2D eigenvalue weighted by Crippen LogP contribution is 2.28. The summed E-state index contributed by atoms with van der Waals surface area (Å²) in [5, 5.41) is -0.140. The van der Waals surface area contributed by atoms with Gasteiger partial charge in [0.2, 0.25) is 0 Å². The largest absolute Gasteiger partial charge is 0.295 e. The van der Waals surface area contributed by atoms with Crippen molar-refractivity contribution in [1.29, 1.82) is 0 Å². The first kappa shape index (κ1) is 11.2. The molecule has 0 heterocycles. The molecular weight excluding hydrogens is 200 g/mol. The van der Waals surface area contributed by atoms with Crippen LogP contribution >= 0.6 is 11.8 Å². The normalized spacial score (nSPS) is 21.7. The average molecular weight is 212 g/mol. The smallest absolute Gasteiger partial charge is 0.186 e. The monoisotopic (exact) mass is 212 g/mol. The Bertz CT molecular complexity index is 317. The van der Waals surface area contributed by atoms with Gasteiger partial charge in [-0.3, -0.25) is 14.4 Å². The van der Waals surface area contributed by atoms with E-state index in [4.69, 9.17) is 0 Å². The molecule has 3 nitrogen and oxygen atoms in total. The highest BCUT2D eigenvalue weighted by molar-refractivity contribution is 8.14. The van der Waals surface area contributed by atoms with Gasteiger partial charge < -0.3 is 0 Å². The van der Waals surface area contributed by atoms with E-state index in [0.717, 1.165) is 11.8 Å². The van der Waals surface area contributed by atoms with Crippen LogP contribution in [-0.2, 0) is 14.4 Å². The second-order valence-electron chi connectivity index (χ2n) is 3.26. The molecule has 0 aromatic carbocycles. The maximum Gasteiger partial charge on any atom is 0.186 e. The molecule has 1 unspecified atom stereocenters. The molecule has 0 fully saturated rings. The van der Waals surface area contributed by atoms with E-state index in [1.165, 1.54) is 19.9 Å². The summed E-state index contributed by atoms with van der Waals surface area (Å²) in [4.78, 5) is 33.2. The van der Waals surface area contributed by atoms with Crippen LogP contribution in [0.5, 0.6) is 0 Å². The molecule has 0 N–H and O–H groups in total. The number of ketones is 2. The number of allylic oxidation sites excluding steroid dienone is 1. The summed E-state index contributed by atoms with van der Waals surface area (Å²) in [6.45, 7) is 2.90. The molecule has 0 saturated heterocycles. The number of carbonyl (C=O) groups excluding carboxylic acids is 3. The predicted molar refractivity (Wildman–Crippen MR) is 55.1 cm³/mol. The van der Waals surface area contributed by atoms with Gasteiger partial charge in [-0.1, -0.05) is 11.8 Å². The lowest BCUT2D eigenvalue weighted by Crippen LogP contribution is -2.21. The lowest BCUT2D eigenvalue weighted by atomic mass is 9.96. The first-order valence-corrected chi connectivity index (χ1v) is 5.31. The number of Topliss-reactive ketones (excluding diaryl/α,β-unsaturated/α-hetero) is 1. The molecule has 0 aromatic rings. The lowest BCUT2D eigenvalue weighted by molar-refractivity contribution is -0.117. The van der Waals surface area contributed by atoms with E-state index in [2.05, 4.69) is 0 Å². The fourth-order valence-electron chi connectivity index (χ4n) is 1.42.